The number of hydrogen-bond donors (Lipinski definition) is 2. The van der Waals surface area contributed by atoms with E-state index in [1.165, 1.54) is 23.3 Å². The molecule has 6 heteroatoms. The number of rotatable bonds is 2. The molecule has 3 N–H and O–H groups in total. The summed E-state index contributed by atoms with van der Waals surface area (Å²) in [6, 6.07) is 16.0. The van der Waals surface area contributed by atoms with Gasteiger partial charge in [0.2, 0.25) is 0 Å². The number of fused-ring (bicyclic) bond motifs is 4. The summed E-state index contributed by atoms with van der Waals surface area (Å²) in [7, 11) is 0. The Morgan fingerprint density at radius 1 is 1.12 bits per heavy atom. The summed E-state index contributed by atoms with van der Waals surface area (Å²) in [5.74, 6) is -0.337. The Morgan fingerprint density at radius 2 is 1.88 bits per heavy atom. The number of nitrogens with zero attached hydrogens (tertiary/aromatic N) is 2. The summed E-state index contributed by atoms with van der Waals surface area (Å²) in [5, 5.41) is 0. The van der Waals surface area contributed by atoms with E-state index in [0.717, 1.165) is 46.4 Å². The molecule has 3 heterocycles. The quantitative estimate of drug-likeness (QED) is 0.432. The Balaban J connectivity index is 1.59. The van der Waals surface area contributed by atoms with Crippen LogP contribution in [0.1, 0.15) is 46.8 Å². The van der Waals surface area contributed by atoms with Crippen molar-refractivity contribution in [2.75, 3.05) is 6.54 Å². The lowest BCUT2D eigenvalue weighted by Crippen LogP contribution is -2.47. The number of hydrogen-bond acceptors (Lipinski definition) is 2. The van der Waals surface area contributed by atoms with E-state index in [1.807, 2.05) is 12.1 Å². The SMILES string of the molecule is Cc1cc(C)cc(-c2ccc3[nH]c4c(c3n2)C2(CC2)CN(C(N)=O)C4c2cccc(F)c2)c1. The number of urea groups is 1. The third-order valence-corrected chi connectivity index (χ3v) is 7.08. The van der Waals surface area contributed by atoms with Crippen molar-refractivity contribution >= 4 is 17.1 Å². The minimum Gasteiger partial charge on any atom is -0.355 e. The summed E-state index contributed by atoms with van der Waals surface area (Å²) >= 11 is 0. The molecule has 0 radical (unpaired) electrons. The van der Waals surface area contributed by atoms with Crippen LogP contribution in [0, 0.1) is 19.7 Å². The lowest BCUT2D eigenvalue weighted by Gasteiger charge is -2.39. The fourth-order valence-corrected chi connectivity index (χ4v) is 5.55. The molecule has 2 aliphatic rings. The maximum absolute atomic E-state index is 14.1. The molecule has 1 atom stereocenters. The second-order valence-electron chi connectivity index (χ2n) is 9.59. The summed E-state index contributed by atoms with van der Waals surface area (Å²) in [6.07, 6.45) is 1.95. The molecule has 1 fully saturated rings. The molecule has 166 valence electrons. The highest BCUT2D eigenvalue weighted by atomic mass is 19.1. The monoisotopic (exact) mass is 440 g/mol. The Labute approximate surface area is 191 Å². The average Bonchev–Trinajstić information content (AvgIpc) is 3.41. The summed E-state index contributed by atoms with van der Waals surface area (Å²) < 4.78 is 14.1. The van der Waals surface area contributed by atoms with Crippen molar-refractivity contribution in [3.8, 4) is 11.3 Å². The average molecular weight is 441 g/mol. The largest absolute Gasteiger partial charge is 0.355 e. The molecule has 1 spiro atoms. The van der Waals surface area contributed by atoms with Crippen molar-refractivity contribution in [2.45, 2.75) is 38.1 Å². The normalized spacial score (nSPS) is 18.5. The van der Waals surface area contributed by atoms with Crippen LogP contribution >= 0.6 is 0 Å². The number of H-pyrrole nitrogens is 1. The van der Waals surface area contributed by atoms with Gasteiger partial charge in [-0.05, 0) is 68.7 Å². The van der Waals surface area contributed by atoms with Crippen molar-refractivity contribution in [2.24, 2.45) is 5.73 Å². The van der Waals surface area contributed by atoms with Gasteiger partial charge in [-0.2, -0.15) is 0 Å². The van der Waals surface area contributed by atoms with Crippen LogP contribution in [0.3, 0.4) is 0 Å². The molecule has 2 aromatic carbocycles. The summed E-state index contributed by atoms with van der Waals surface area (Å²) in [4.78, 5) is 22.8. The molecule has 2 aromatic heterocycles. The number of halogens is 1. The van der Waals surface area contributed by atoms with Gasteiger partial charge in [-0.15, -0.1) is 0 Å². The molecule has 33 heavy (non-hydrogen) atoms. The molecule has 1 aliphatic carbocycles. The van der Waals surface area contributed by atoms with Gasteiger partial charge in [0, 0.05) is 28.8 Å². The van der Waals surface area contributed by atoms with Crippen molar-refractivity contribution in [3.63, 3.8) is 0 Å². The van der Waals surface area contributed by atoms with Crippen LogP contribution in [0.25, 0.3) is 22.3 Å². The third kappa shape index (κ3) is 3.12. The number of pyridine rings is 1. The second-order valence-corrected chi connectivity index (χ2v) is 9.59. The standard InChI is InChI=1S/C27H25FN4O/c1-15-10-16(2)12-18(11-15)20-6-7-21-23(30-20)22-24(31-21)25(17-4-3-5-19(28)13-17)32(26(29)33)14-27(22)8-9-27/h3-7,10-13,25,31H,8-9,14H2,1-2H3,(H2,29,33). The molecular weight excluding hydrogens is 415 g/mol. The van der Waals surface area contributed by atoms with Gasteiger partial charge in [0.1, 0.15) is 5.82 Å². The molecule has 5 nitrogen and oxygen atoms in total. The zero-order valence-electron chi connectivity index (χ0n) is 18.7. The minimum atomic E-state index is -0.497. The van der Waals surface area contributed by atoms with E-state index >= 15 is 0 Å². The van der Waals surface area contributed by atoms with Crippen LogP contribution in [0.4, 0.5) is 9.18 Å². The number of nitrogens with one attached hydrogen (secondary N) is 1. The highest BCUT2D eigenvalue weighted by Gasteiger charge is 2.55. The highest BCUT2D eigenvalue weighted by Crippen LogP contribution is 2.57. The fraction of sp³-hybridized carbons (Fsp3) is 0.259. The van der Waals surface area contributed by atoms with Gasteiger partial charge in [-0.1, -0.05) is 29.3 Å². The summed E-state index contributed by atoms with van der Waals surface area (Å²) in [6.45, 7) is 4.70. The van der Waals surface area contributed by atoms with Crippen molar-refractivity contribution in [1.82, 2.24) is 14.9 Å². The van der Waals surface area contributed by atoms with Crippen molar-refractivity contribution < 1.29 is 9.18 Å². The molecule has 1 unspecified atom stereocenters. The number of carbonyl (C=O) groups excluding carboxylic acids is 1. The van der Waals surface area contributed by atoms with Crippen LogP contribution in [0.5, 0.6) is 0 Å². The molecule has 0 bridgehead atoms. The van der Waals surface area contributed by atoms with E-state index in [0.29, 0.717) is 12.1 Å². The highest BCUT2D eigenvalue weighted by molar-refractivity contribution is 5.87. The Bertz CT molecular complexity index is 1420. The van der Waals surface area contributed by atoms with Gasteiger partial charge in [0.15, 0.2) is 0 Å². The number of primary amides is 1. The van der Waals surface area contributed by atoms with E-state index in [2.05, 4.69) is 43.1 Å². The Morgan fingerprint density at radius 3 is 2.55 bits per heavy atom. The van der Waals surface area contributed by atoms with Crippen LogP contribution in [0.15, 0.2) is 54.6 Å². The Hall–Kier alpha value is -3.67. The molecule has 4 aromatic rings. The lowest BCUT2D eigenvalue weighted by atomic mass is 9.84. The van der Waals surface area contributed by atoms with E-state index < -0.39 is 12.1 Å². The van der Waals surface area contributed by atoms with Gasteiger partial charge >= 0.3 is 6.03 Å². The smallest absolute Gasteiger partial charge is 0.315 e. The molecule has 2 amide bonds. The van der Waals surface area contributed by atoms with Crippen LogP contribution in [-0.4, -0.2) is 27.4 Å². The third-order valence-electron chi connectivity index (χ3n) is 7.08. The molecule has 6 rings (SSSR count). The molecule has 1 saturated carbocycles. The molecule has 1 aliphatic heterocycles. The van der Waals surface area contributed by atoms with E-state index in [4.69, 9.17) is 10.7 Å². The molecule has 0 saturated heterocycles. The maximum Gasteiger partial charge on any atom is 0.315 e. The lowest BCUT2D eigenvalue weighted by molar-refractivity contribution is 0.177. The number of aromatic nitrogens is 2. The van der Waals surface area contributed by atoms with E-state index in [9.17, 15) is 9.18 Å². The van der Waals surface area contributed by atoms with Gasteiger partial charge in [0.05, 0.1) is 22.8 Å². The maximum atomic E-state index is 14.1. The van der Waals surface area contributed by atoms with Crippen molar-refractivity contribution in [1.29, 1.82) is 0 Å². The number of aromatic amines is 1. The zero-order valence-corrected chi connectivity index (χ0v) is 18.7. The number of amides is 2. The van der Waals surface area contributed by atoms with Crippen LogP contribution in [0.2, 0.25) is 0 Å². The van der Waals surface area contributed by atoms with Gasteiger partial charge < -0.3 is 15.6 Å². The first kappa shape index (κ1) is 20.0. The van der Waals surface area contributed by atoms with Crippen LogP contribution < -0.4 is 5.73 Å². The predicted octanol–water partition coefficient (Wildman–Crippen LogP) is 5.50. The van der Waals surface area contributed by atoms with Gasteiger partial charge in [-0.25, -0.2) is 14.2 Å². The second kappa shape index (κ2) is 6.91. The van der Waals surface area contributed by atoms with E-state index in [-0.39, 0.29) is 11.2 Å². The number of nitrogens with two attached hydrogens (primary N) is 1. The zero-order chi connectivity index (χ0) is 22.9. The van der Waals surface area contributed by atoms with Gasteiger partial charge in [0.25, 0.3) is 0 Å². The van der Waals surface area contributed by atoms with Crippen molar-refractivity contribution in [3.05, 3.63) is 88.4 Å². The summed E-state index contributed by atoms with van der Waals surface area (Å²) in [5.41, 5.74) is 14.7. The van der Waals surface area contributed by atoms with Gasteiger partial charge in [-0.3, -0.25) is 0 Å². The van der Waals surface area contributed by atoms with Crippen LogP contribution in [-0.2, 0) is 5.41 Å². The topological polar surface area (TPSA) is 75.0 Å². The number of carbonyl (C=O) groups is 1. The predicted molar refractivity (Wildman–Crippen MR) is 126 cm³/mol. The number of aryl methyl sites for hydroxylation is 2. The minimum absolute atomic E-state index is 0.152. The molecular formula is C27H25FN4O. The Kier molecular flexibility index (Phi) is 4.18. The number of benzene rings is 2. The first-order valence-corrected chi connectivity index (χ1v) is 11.3. The van der Waals surface area contributed by atoms with E-state index in [1.54, 1.807) is 11.0 Å². The first-order valence-electron chi connectivity index (χ1n) is 11.3. The first-order chi connectivity index (χ1) is 15.8. The fourth-order valence-electron chi connectivity index (χ4n) is 5.55.